The molecule has 35 heavy (non-hydrogen) atoms. The van der Waals surface area contributed by atoms with Crippen LogP contribution in [0.2, 0.25) is 0 Å². The van der Waals surface area contributed by atoms with Crippen LogP contribution >= 0.6 is 0 Å². The van der Waals surface area contributed by atoms with Crippen LogP contribution in [0, 0.1) is 5.92 Å². The lowest BCUT2D eigenvalue weighted by Crippen LogP contribution is -2.61. The normalized spacial score (nSPS) is 18.9. The average molecular weight is 472 g/mol. The highest BCUT2D eigenvalue weighted by Crippen LogP contribution is 2.40. The molecule has 182 valence electrons. The average Bonchev–Trinajstić information content (AvgIpc) is 2.92. The first-order valence-corrected chi connectivity index (χ1v) is 12.3. The number of benzene rings is 3. The van der Waals surface area contributed by atoms with E-state index in [2.05, 4.69) is 45.4 Å². The van der Waals surface area contributed by atoms with Gasteiger partial charge in [-0.3, -0.25) is 4.79 Å². The van der Waals surface area contributed by atoms with Gasteiger partial charge in [0.25, 0.3) is 0 Å². The Kier molecular flexibility index (Phi) is 6.80. The minimum atomic E-state index is -0.135. The summed E-state index contributed by atoms with van der Waals surface area (Å²) in [7, 11) is 3.41. The third kappa shape index (κ3) is 4.78. The molecule has 3 aromatic carbocycles. The Hall–Kier alpha value is -3.67. The van der Waals surface area contributed by atoms with E-state index in [0.29, 0.717) is 6.54 Å². The summed E-state index contributed by atoms with van der Waals surface area (Å²) in [4.78, 5) is 18.3. The Morgan fingerprint density at radius 2 is 1.74 bits per heavy atom. The number of methoxy groups -OCH3 is 2. The van der Waals surface area contributed by atoms with Crippen molar-refractivity contribution in [3.63, 3.8) is 0 Å². The Morgan fingerprint density at radius 1 is 0.943 bits per heavy atom. The molecule has 0 aromatic heterocycles. The molecule has 1 N–H and O–H groups in total. The van der Waals surface area contributed by atoms with Crippen molar-refractivity contribution in [1.29, 1.82) is 0 Å². The number of amides is 1. The second-order valence-corrected chi connectivity index (χ2v) is 9.21. The van der Waals surface area contributed by atoms with Crippen molar-refractivity contribution in [3.05, 3.63) is 83.9 Å². The molecule has 5 rings (SSSR count). The third-order valence-electron chi connectivity index (χ3n) is 7.24. The summed E-state index contributed by atoms with van der Waals surface area (Å²) in [5, 5.41) is 3.23. The van der Waals surface area contributed by atoms with Gasteiger partial charge in [0.15, 0.2) is 0 Å². The van der Waals surface area contributed by atoms with E-state index in [-0.39, 0.29) is 17.9 Å². The number of rotatable bonds is 7. The van der Waals surface area contributed by atoms with E-state index in [4.69, 9.17) is 9.47 Å². The molecule has 0 aliphatic carbocycles. The van der Waals surface area contributed by atoms with Gasteiger partial charge in [-0.25, -0.2) is 0 Å². The molecule has 0 radical (unpaired) electrons. The molecule has 6 nitrogen and oxygen atoms in total. The fourth-order valence-electron chi connectivity index (χ4n) is 5.42. The van der Waals surface area contributed by atoms with Crippen LogP contribution in [0.25, 0.3) is 0 Å². The molecule has 2 aliphatic rings. The molecule has 2 aliphatic heterocycles. The minimum absolute atomic E-state index is 0.0602. The zero-order valence-electron chi connectivity index (χ0n) is 20.4. The number of anilines is 2. The molecular formula is C29H33N3O3. The predicted octanol–water partition coefficient (Wildman–Crippen LogP) is 3.93. The zero-order chi connectivity index (χ0) is 24.2. The van der Waals surface area contributed by atoms with Crippen molar-refractivity contribution < 1.29 is 14.3 Å². The number of ether oxygens (including phenoxy) is 2. The summed E-state index contributed by atoms with van der Waals surface area (Å²) in [6, 6.07) is 24.7. The van der Waals surface area contributed by atoms with Crippen molar-refractivity contribution >= 4 is 17.3 Å². The number of nitrogens with zero attached hydrogens (tertiary/aromatic N) is 2. The summed E-state index contributed by atoms with van der Waals surface area (Å²) in [5.41, 5.74) is 4.70. The predicted molar refractivity (Wildman–Crippen MR) is 140 cm³/mol. The maximum absolute atomic E-state index is 13.5. The van der Waals surface area contributed by atoms with E-state index in [9.17, 15) is 4.79 Å². The summed E-state index contributed by atoms with van der Waals surface area (Å²) in [6.07, 6.45) is 1.55. The number of para-hydroxylation sites is 2. The number of nitrogens with one attached hydrogen (secondary N) is 1. The van der Waals surface area contributed by atoms with Gasteiger partial charge < -0.3 is 24.6 Å². The second-order valence-electron chi connectivity index (χ2n) is 9.21. The number of piperazine rings is 1. The van der Waals surface area contributed by atoms with Crippen molar-refractivity contribution in [2.45, 2.75) is 18.9 Å². The molecule has 2 heterocycles. The van der Waals surface area contributed by atoms with E-state index < -0.39 is 0 Å². The molecule has 0 spiro atoms. The van der Waals surface area contributed by atoms with Gasteiger partial charge in [-0.1, -0.05) is 48.5 Å². The van der Waals surface area contributed by atoms with Gasteiger partial charge in [0.2, 0.25) is 5.91 Å². The van der Waals surface area contributed by atoms with Crippen LogP contribution in [-0.4, -0.2) is 52.3 Å². The maximum Gasteiger partial charge on any atom is 0.225 e. The van der Waals surface area contributed by atoms with Crippen LogP contribution in [0.5, 0.6) is 11.5 Å². The highest BCUT2D eigenvalue weighted by molar-refractivity contribution is 5.82. The van der Waals surface area contributed by atoms with Gasteiger partial charge >= 0.3 is 0 Å². The smallest absolute Gasteiger partial charge is 0.225 e. The van der Waals surface area contributed by atoms with Crippen LogP contribution in [0.3, 0.4) is 0 Å². The van der Waals surface area contributed by atoms with Crippen LogP contribution in [0.4, 0.5) is 11.4 Å². The monoisotopic (exact) mass is 471 g/mol. The van der Waals surface area contributed by atoms with Crippen LogP contribution in [0.1, 0.15) is 11.1 Å². The fourth-order valence-corrected chi connectivity index (χ4v) is 5.42. The molecular weight excluding hydrogens is 438 g/mol. The Balaban J connectivity index is 1.39. The van der Waals surface area contributed by atoms with Crippen LogP contribution in [-0.2, 0) is 17.6 Å². The molecule has 0 saturated carbocycles. The van der Waals surface area contributed by atoms with Crippen molar-refractivity contribution in [2.24, 2.45) is 5.92 Å². The highest BCUT2D eigenvalue weighted by Gasteiger charge is 2.42. The fraction of sp³-hybridized carbons (Fsp3) is 0.345. The number of hydrogen-bond acceptors (Lipinski definition) is 5. The summed E-state index contributed by atoms with van der Waals surface area (Å²) in [5.74, 6) is 1.70. The van der Waals surface area contributed by atoms with Gasteiger partial charge in [-0.15, -0.1) is 0 Å². The van der Waals surface area contributed by atoms with Crippen LogP contribution < -0.4 is 24.6 Å². The SMILES string of the molecule is COc1ccc2c(c1)N1CCN(c3ccccc3OC)CC1C(C(=O)NCCc1ccccc1)C2. The lowest BCUT2D eigenvalue weighted by molar-refractivity contribution is -0.125. The first-order chi connectivity index (χ1) is 17.2. The molecule has 1 amide bonds. The van der Waals surface area contributed by atoms with Crippen LogP contribution in [0.15, 0.2) is 72.8 Å². The molecule has 1 saturated heterocycles. The lowest BCUT2D eigenvalue weighted by atomic mass is 9.83. The van der Waals surface area contributed by atoms with Crippen molar-refractivity contribution in [3.8, 4) is 11.5 Å². The highest BCUT2D eigenvalue weighted by atomic mass is 16.5. The van der Waals surface area contributed by atoms with Crippen molar-refractivity contribution in [2.75, 3.05) is 50.2 Å². The van der Waals surface area contributed by atoms with Gasteiger partial charge in [-0.2, -0.15) is 0 Å². The van der Waals surface area contributed by atoms with Gasteiger partial charge in [0, 0.05) is 37.9 Å². The lowest BCUT2D eigenvalue weighted by Gasteiger charge is -2.49. The zero-order valence-corrected chi connectivity index (χ0v) is 20.4. The third-order valence-corrected chi connectivity index (χ3v) is 7.24. The van der Waals surface area contributed by atoms with Crippen molar-refractivity contribution in [1.82, 2.24) is 5.32 Å². The Bertz CT molecular complexity index is 1170. The number of carbonyl (C=O) groups is 1. The Morgan fingerprint density at radius 3 is 2.54 bits per heavy atom. The van der Waals surface area contributed by atoms with E-state index in [0.717, 1.165) is 49.7 Å². The molecule has 2 atom stereocenters. The number of fused-ring (bicyclic) bond motifs is 3. The maximum atomic E-state index is 13.5. The first kappa shape index (κ1) is 23.1. The molecule has 6 heteroatoms. The molecule has 2 unspecified atom stereocenters. The van der Waals surface area contributed by atoms with Gasteiger partial charge in [-0.05, 0) is 42.2 Å². The molecule has 3 aromatic rings. The molecule has 1 fully saturated rings. The number of carbonyl (C=O) groups excluding carboxylic acids is 1. The van der Waals surface area contributed by atoms with Gasteiger partial charge in [0.05, 0.1) is 31.9 Å². The van der Waals surface area contributed by atoms with E-state index in [1.54, 1.807) is 14.2 Å². The molecule has 0 bridgehead atoms. The Labute approximate surface area is 207 Å². The first-order valence-electron chi connectivity index (χ1n) is 12.3. The van der Waals surface area contributed by atoms with E-state index in [1.165, 1.54) is 16.8 Å². The second kappa shape index (κ2) is 10.3. The topological polar surface area (TPSA) is 54.0 Å². The standard InChI is InChI=1S/C29H33N3O3/c1-34-23-13-12-22-18-24(29(33)30-15-14-21-8-4-3-5-9-21)27-20-31(16-17-32(27)26(22)19-23)25-10-6-7-11-28(25)35-2/h3-13,19,24,27H,14-18,20H2,1-2H3,(H,30,33). The largest absolute Gasteiger partial charge is 0.497 e. The summed E-state index contributed by atoms with van der Waals surface area (Å²) >= 11 is 0. The summed E-state index contributed by atoms with van der Waals surface area (Å²) in [6.45, 7) is 3.08. The minimum Gasteiger partial charge on any atom is -0.497 e. The summed E-state index contributed by atoms with van der Waals surface area (Å²) < 4.78 is 11.2. The van der Waals surface area contributed by atoms with Gasteiger partial charge in [0.1, 0.15) is 11.5 Å². The van der Waals surface area contributed by atoms with E-state index >= 15 is 0 Å². The van der Waals surface area contributed by atoms with E-state index in [1.807, 2.05) is 42.5 Å². The number of hydrogen-bond donors (Lipinski definition) is 1. The quantitative estimate of drug-likeness (QED) is 0.566.